The topological polar surface area (TPSA) is 189 Å². The Hall–Kier alpha value is -2.78. The maximum Gasteiger partial charge on any atom is 0.241 e. The van der Waals surface area contributed by atoms with Crippen molar-refractivity contribution in [3.05, 3.63) is 6.33 Å². The van der Waals surface area contributed by atoms with Gasteiger partial charge in [0.15, 0.2) is 23.2 Å². The molecule has 14 heteroatoms. The van der Waals surface area contributed by atoms with Crippen LogP contribution in [0.1, 0.15) is 12.6 Å². The molecule has 2 aliphatic heterocycles. The third-order valence-corrected chi connectivity index (χ3v) is 5.03. The summed E-state index contributed by atoms with van der Waals surface area (Å²) in [4.78, 5) is 13.3. The molecule has 5 rings (SSSR count). The van der Waals surface area contributed by atoms with Gasteiger partial charge < -0.3 is 30.1 Å². The molecule has 154 valence electrons. The van der Waals surface area contributed by atoms with E-state index in [1.807, 2.05) is 0 Å². The summed E-state index contributed by atoms with van der Waals surface area (Å²) in [6.45, 7) is 0.762. The summed E-state index contributed by atoms with van der Waals surface area (Å²) >= 11 is 0. The zero-order valence-corrected chi connectivity index (χ0v) is 15.1. The molecule has 29 heavy (non-hydrogen) atoms. The Kier molecular flexibility index (Phi) is 4.56. The van der Waals surface area contributed by atoms with Crippen LogP contribution >= 0.6 is 0 Å². The Bertz CT molecular complexity index is 990. The van der Waals surface area contributed by atoms with Crippen molar-refractivity contribution in [1.82, 2.24) is 40.1 Å². The molecule has 5 heterocycles. The van der Waals surface area contributed by atoms with Crippen molar-refractivity contribution < 1.29 is 24.8 Å². The van der Waals surface area contributed by atoms with Crippen LogP contribution in [0, 0.1) is 0 Å². The molecule has 0 amide bonds. The van der Waals surface area contributed by atoms with Gasteiger partial charge in [0.25, 0.3) is 0 Å². The van der Waals surface area contributed by atoms with Crippen molar-refractivity contribution in [2.75, 3.05) is 25.1 Å². The number of aromatic amines is 1. The highest BCUT2D eigenvalue weighted by atomic mass is 16.6. The molecule has 14 nitrogen and oxygen atoms in total. The van der Waals surface area contributed by atoms with Crippen molar-refractivity contribution in [1.29, 1.82) is 0 Å². The number of ether oxygens (including phenoxy) is 2. The third kappa shape index (κ3) is 3.10. The van der Waals surface area contributed by atoms with E-state index in [2.05, 4.69) is 40.9 Å². The molecule has 0 aliphatic carbocycles. The lowest BCUT2D eigenvalue weighted by molar-refractivity contribution is -0.0511. The number of aromatic nitrogens is 8. The second-order valence-corrected chi connectivity index (χ2v) is 6.89. The Morgan fingerprint density at radius 2 is 2.14 bits per heavy atom. The Labute approximate surface area is 162 Å². The van der Waals surface area contributed by atoms with Crippen LogP contribution in [0.15, 0.2) is 6.33 Å². The maximum atomic E-state index is 10.4. The molecule has 2 aliphatic rings. The lowest BCUT2D eigenvalue weighted by atomic mass is 10.1. The first-order valence-corrected chi connectivity index (χ1v) is 9.11. The van der Waals surface area contributed by atoms with Gasteiger partial charge in [-0.25, -0.2) is 15.0 Å². The first kappa shape index (κ1) is 18.3. The van der Waals surface area contributed by atoms with Crippen LogP contribution in [0.25, 0.3) is 22.8 Å². The first-order chi connectivity index (χ1) is 14.2. The second-order valence-electron chi connectivity index (χ2n) is 6.89. The van der Waals surface area contributed by atoms with Crippen LogP contribution in [0.5, 0.6) is 0 Å². The molecule has 3 aromatic rings. The number of imidazole rings is 1. The molecule has 2 saturated heterocycles. The number of anilines is 1. The van der Waals surface area contributed by atoms with Crippen molar-refractivity contribution in [3.8, 4) is 11.6 Å². The molecule has 1 unspecified atom stereocenters. The second kappa shape index (κ2) is 7.23. The van der Waals surface area contributed by atoms with Gasteiger partial charge in [0.1, 0.15) is 18.3 Å². The highest BCUT2D eigenvalue weighted by molar-refractivity contribution is 5.84. The molecule has 0 aromatic carbocycles. The number of hydrogen-bond donors (Lipinski definition) is 5. The standard InChI is InChI=1S/C15H19N9O5/c25-3-7-9(26)10(27)15(29-7)24-5-16-8-11(17-6-1-2-28-4-6)18-12(19-14(8)24)13-20-22-23-21-13/h5-7,9-10,15,25-27H,1-4H2,(H,17,18,19)(H,20,21,22,23)/t6?,7-,9-,10-,15-/m1/s1. The fourth-order valence-electron chi connectivity index (χ4n) is 3.51. The number of fused-ring (bicyclic) bond motifs is 1. The average Bonchev–Trinajstić information content (AvgIpc) is 3.51. The van der Waals surface area contributed by atoms with Gasteiger partial charge in [0.2, 0.25) is 11.6 Å². The van der Waals surface area contributed by atoms with Crippen molar-refractivity contribution in [2.24, 2.45) is 0 Å². The predicted octanol–water partition coefficient (Wildman–Crippen LogP) is -2.18. The number of nitrogens with zero attached hydrogens (tertiary/aromatic N) is 7. The molecule has 3 aromatic heterocycles. The van der Waals surface area contributed by atoms with E-state index in [0.717, 1.165) is 6.42 Å². The van der Waals surface area contributed by atoms with Crippen LogP contribution in [0.4, 0.5) is 5.82 Å². The summed E-state index contributed by atoms with van der Waals surface area (Å²) in [5.41, 5.74) is 0.790. The van der Waals surface area contributed by atoms with E-state index in [0.29, 0.717) is 30.2 Å². The normalized spacial score (nSPS) is 29.7. The van der Waals surface area contributed by atoms with Crippen LogP contribution in [-0.4, -0.2) is 99.6 Å². The minimum Gasteiger partial charge on any atom is -0.394 e. The molecular weight excluding hydrogens is 386 g/mol. The summed E-state index contributed by atoms with van der Waals surface area (Å²) in [6.07, 6.45) is -2.15. The molecule has 0 saturated carbocycles. The van der Waals surface area contributed by atoms with Gasteiger partial charge >= 0.3 is 0 Å². The van der Waals surface area contributed by atoms with Crippen molar-refractivity contribution in [2.45, 2.75) is 37.0 Å². The van der Waals surface area contributed by atoms with Gasteiger partial charge in [-0.15, -0.1) is 10.2 Å². The lowest BCUT2D eigenvalue weighted by Crippen LogP contribution is -2.33. The van der Waals surface area contributed by atoms with E-state index in [1.54, 1.807) is 0 Å². The quantitative estimate of drug-likeness (QED) is 0.309. The summed E-state index contributed by atoms with van der Waals surface area (Å²) in [5.74, 6) is 0.837. The fourth-order valence-corrected chi connectivity index (χ4v) is 3.51. The Morgan fingerprint density at radius 1 is 1.24 bits per heavy atom. The number of rotatable bonds is 5. The van der Waals surface area contributed by atoms with Crippen molar-refractivity contribution >= 4 is 17.0 Å². The molecular formula is C15H19N9O5. The van der Waals surface area contributed by atoms with E-state index in [9.17, 15) is 15.3 Å². The van der Waals surface area contributed by atoms with E-state index in [-0.39, 0.29) is 17.7 Å². The third-order valence-electron chi connectivity index (χ3n) is 5.03. The molecule has 0 bridgehead atoms. The summed E-state index contributed by atoms with van der Waals surface area (Å²) in [5, 5.41) is 46.9. The van der Waals surface area contributed by atoms with E-state index in [1.165, 1.54) is 10.9 Å². The number of aliphatic hydroxyl groups is 3. The van der Waals surface area contributed by atoms with Crippen LogP contribution in [0.3, 0.4) is 0 Å². The molecule has 5 N–H and O–H groups in total. The lowest BCUT2D eigenvalue weighted by Gasteiger charge is -2.17. The zero-order chi connectivity index (χ0) is 20.0. The summed E-state index contributed by atoms with van der Waals surface area (Å²) < 4.78 is 12.5. The molecule has 2 fully saturated rings. The number of tetrazole rings is 1. The van der Waals surface area contributed by atoms with Gasteiger partial charge in [-0.05, 0) is 11.6 Å². The minimum atomic E-state index is -1.27. The predicted molar refractivity (Wildman–Crippen MR) is 94.4 cm³/mol. The van der Waals surface area contributed by atoms with Gasteiger partial charge in [-0.1, -0.05) is 0 Å². The summed E-state index contributed by atoms with van der Waals surface area (Å²) in [6, 6.07) is 0.0604. The van der Waals surface area contributed by atoms with Gasteiger partial charge in [0, 0.05) is 6.61 Å². The number of hydrogen-bond acceptors (Lipinski definition) is 12. The smallest absolute Gasteiger partial charge is 0.241 e. The summed E-state index contributed by atoms with van der Waals surface area (Å²) in [7, 11) is 0. The van der Waals surface area contributed by atoms with Gasteiger partial charge in [-0.3, -0.25) is 4.57 Å². The minimum absolute atomic E-state index is 0.0604. The largest absolute Gasteiger partial charge is 0.394 e. The monoisotopic (exact) mass is 405 g/mol. The fraction of sp³-hybridized carbons (Fsp3) is 0.600. The van der Waals surface area contributed by atoms with E-state index >= 15 is 0 Å². The first-order valence-electron chi connectivity index (χ1n) is 9.11. The van der Waals surface area contributed by atoms with E-state index < -0.39 is 31.1 Å². The SMILES string of the molecule is OC[C@H]1O[C@@H](n2cnc3c(NC4CCOC4)nc(-c4nn[nH]n4)nc32)[C@H](O)[C@@H]1O. The zero-order valence-electron chi connectivity index (χ0n) is 15.1. The van der Waals surface area contributed by atoms with Gasteiger partial charge in [-0.2, -0.15) is 5.21 Å². The van der Waals surface area contributed by atoms with Crippen LogP contribution in [-0.2, 0) is 9.47 Å². The molecule has 0 spiro atoms. The number of H-pyrrole nitrogens is 1. The Balaban J connectivity index is 1.60. The van der Waals surface area contributed by atoms with E-state index in [4.69, 9.17) is 9.47 Å². The number of nitrogens with one attached hydrogen (secondary N) is 2. The molecule has 0 radical (unpaired) electrons. The highest BCUT2D eigenvalue weighted by Gasteiger charge is 2.44. The van der Waals surface area contributed by atoms with Crippen molar-refractivity contribution in [3.63, 3.8) is 0 Å². The van der Waals surface area contributed by atoms with Crippen LogP contribution in [0.2, 0.25) is 0 Å². The van der Waals surface area contributed by atoms with Crippen LogP contribution < -0.4 is 5.32 Å². The average molecular weight is 405 g/mol. The molecule has 5 atom stereocenters. The maximum absolute atomic E-state index is 10.4. The highest BCUT2D eigenvalue weighted by Crippen LogP contribution is 2.33. The Morgan fingerprint density at radius 3 is 2.83 bits per heavy atom. The van der Waals surface area contributed by atoms with Gasteiger partial charge in [0.05, 0.1) is 25.6 Å². The number of aliphatic hydroxyl groups excluding tert-OH is 3.